The van der Waals surface area contributed by atoms with Crippen molar-refractivity contribution in [3.63, 3.8) is 0 Å². The summed E-state index contributed by atoms with van der Waals surface area (Å²) in [6.45, 7) is 1.00. The fraction of sp³-hybridized carbons (Fsp3) is 0.143. The molecule has 0 saturated heterocycles. The summed E-state index contributed by atoms with van der Waals surface area (Å²) in [6, 6.07) is 8.38. The summed E-state index contributed by atoms with van der Waals surface area (Å²) < 4.78 is 53.9. The van der Waals surface area contributed by atoms with E-state index in [1.54, 1.807) is 30.3 Å². The van der Waals surface area contributed by atoms with E-state index >= 15 is 0 Å². The first kappa shape index (κ1) is 12.6. The summed E-state index contributed by atoms with van der Waals surface area (Å²) in [5.74, 6) is -5.31. The maximum absolute atomic E-state index is 13.6. The standard InChI is InChI=1S/C14H10F4/c1-8-11(15)13(17)10(14(18)12(8)16)7-9-5-3-2-4-6-9/h2-6H,7H2,1H3. The van der Waals surface area contributed by atoms with E-state index in [1.807, 2.05) is 0 Å². The minimum atomic E-state index is -1.33. The summed E-state index contributed by atoms with van der Waals surface area (Å²) in [5.41, 5.74) is -0.637. The molecule has 4 heteroatoms. The topological polar surface area (TPSA) is 0 Å². The lowest BCUT2D eigenvalue weighted by atomic mass is 10.0. The van der Waals surface area contributed by atoms with E-state index in [2.05, 4.69) is 0 Å². The highest BCUT2D eigenvalue weighted by molar-refractivity contribution is 5.33. The minimum Gasteiger partial charge on any atom is -0.203 e. The van der Waals surface area contributed by atoms with Crippen LogP contribution in [0.1, 0.15) is 16.7 Å². The number of benzene rings is 2. The predicted molar refractivity (Wildman–Crippen MR) is 60.3 cm³/mol. The van der Waals surface area contributed by atoms with Crippen molar-refractivity contribution in [1.29, 1.82) is 0 Å². The van der Waals surface area contributed by atoms with Gasteiger partial charge in [-0.3, -0.25) is 0 Å². The van der Waals surface area contributed by atoms with E-state index in [0.29, 0.717) is 5.56 Å². The molecule has 0 aromatic heterocycles. The predicted octanol–water partition coefficient (Wildman–Crippen LogP) is 4.14. The molecule has 0 bridgehead atoms. The second-order valence-corrected chi connectivity index (χ2v) is 4.02. The first-order chi connectivity index (χ1) is 8.52. The van der Waals surface area contributed by atoms with Crippen LogP contribution in [-0.4, -0.2) is 0 Å². The lowest BCUT2D eigenvalue weighted by molar-refractivity contribution is 0.433. The van der Waals surface area contributed by atoms with Gasteiger partial charge >= 0.3 is 0 Å². The van der Waals surface area contributed by atoms with Crippen molar-refractivity contribution >= 4 is 0 Å². The number of hydrogen-bond acceptors (Lipinski definition) is 0. The van der Waals surface area contributed by atoms with Gasteiger partial charge in [0.2, 0.25) is 0 Å². The molecule has 0 heterocycles. The Morgan fingerprint density at radius 3 is 1.78 bits per heavy atom. The third-order valence-electron chi connectivity index (χ3n) is 2.80. The normalized spacial score (nSPS) is 10.7. The van der Waals surface area contributed by atoms with Crippen molar-refractivity contribution in [2.75, 3.05) is 0 Å². The highest BCUT2D eigenvalue weighted by atomic mass is 19.2. The molecule has 2 rings (SSSR count). The monoisotopic (exact) mass is 254 g/mol. The summed E-state index contributed by atoms with van der Waals surface area (Å²) in [7, 11) is 0. The molecule has 0 unspecified atom stereocenters. The van der Waals surface area contributed by atoms with E-state index in [9.17, 15) is 17.6 Å². The number of halogens is 4. The molecule has 0 amide bonds. The molecule has 18 heavy (non-hydrogen) atoms. The van der Waals surface area contributed by atoms with Crippen LogP contribution < -0.4 is 0 Å². The highest BCUT2D eigenvalue weighted by Crippen LogP contribution is 2.25. The molecule has 0 aliphatic heterocycles. The quantitative estimate of drug-likeness (QED) is 0.558. The molecule has 0 saturated carbocycles. The van der Waals surface area contributed by atoms with Gasteiger partial charge in [-0.05, 0) is 12.5 Å². The third kappa shape index (κ3) is 2.10. The fourth-order valence-electron chi connectivity index (χ4n) is 1.74. The molecule has 0 radical (unpaired) electrons. The first-order valence-electron chi connectivity index (χ1n) is 5.37. The molecular weight excluding hydrogens is 244 g/mol. The van der Waals surface area contributed by atoms with Crippen LogP contribution in [0.5, 0.6) is 0 Å². The van der Waals surface area contributed by atoms with Gasteiger partial charge in [-0.15, -0.1) is 0 Å². The van der Waals surface area contributed by atoms with E-state index in [4.69, 9.17) is 0 Å². The average Bonchev–Trinajstić information content (AvgIpc) is 2.40. The Morgan fingerprint density at radius 2 is 1.28 bits per heavy atom. The molecule has 2 aromatic rings. The summed E-state index contributed by atoms with van der Waals surface area (Å²) in [5, 5.41) is 0. The Kier molecular flexibility index (Phi) is 3.36. The lowest BCUT2D eigenvalue weighted by Crippen LogP contribution is -2.06. The molecular formula is C14H10F4. The summed E-state index contributed by atoms with van der Waals surface area (Å²) >= 11 is 0. The molecule has 2 aromatic carbocycles. The molecule has 0 atom stereocenters. The third-order valence-corrected chi connectivity index (χ3v) is 2.80. The molecule has 0 N–H and O–H groups in total. The van der Waals surface area contributed by atoms with E-state index in [-0.39, 0.29) is 6.42 Å². The maximum atomic E-state index is 13.6. The summed E-state index contributed by atoms with van der Waals surface area (Å²) in [6.07, 6.45) is -0.188. The largest absolute Gasteiger partial charge is 0.203 e. The molecule has 0 aliphatic carbocycles. The Hall–Kier alpha value is -1.84. The molecule has 0 fully saturated rings. The number of hydrogen-bond donors (Lipinski definition) is 0. The molecule has 0 spiro atoms. The SMILES string of the molecule is Cc1c(F)c(F)c(Cc2ccccc2)c(F)c1F. The van der Waals surface area contributed by atoms with Crippen LogP contribution >= 0.6 is 0 Å². The molecule has 0 aliphatic rings. The zero-order valence-electron chi connectivity index (χ0n) is 9.61. The van der Waals surface area contributed by atoms with Gasteiger partial charge in [-0.25, -0.2) is 17.6 Å². The Labute approximate surface area is 102 Å². The average molecular weight is 254 g/mol. The van der Waals surface area contributed by atoms with Crippen molar-refractivity contribution < 1.29 is 17.6 Å². The smallest absolute Gasteiger partial charge is 0.165 e. The zero-order valence-corrected chi connectivity index (χ0v) is 9.61. The van der Waals surface area contributed by atoms with Crippen molar-refractivity contribution in [2.45, 2.75) is 13.3 Å². The van der Waals surface area contributed by atoms with Gasteiger partial charge in [-0.2, -0.15) is 0 Å². The Balaban J connectivity index is 2.52. The lowest BCUT2D eigenvalue weighted by Gasteiger charge is -2.09. The van der Waals surface area contributed by atoms with Gasteiger partial charge in [0.15, 0.2) is 23.3 Å². The van der Waals surface area contributed by atoms with E-state index in [1.165, 1.54) is 0 Å². The van der Waals surface area contributed by atoms with Gasteiger partial charge in [0, 0.05) is 17.5 Å². The minimum absolute atomic E-state index is 0.188. The highest BCUT2D eigenvalue weighted by Gasteiger charge is 2.22. The van der Waals surface area contributed by atoms with Gasteiger partial charge in [0.05, 0.1) is 0 Å². The van der Waals surface area contributed by atoms with Crippen molar-refractivity contribution in [2.24, 2.45) is 0 Å². The van der Waals surface area contributed by atoms with Crippen LogP contribution in [-0.2, 0) is 6.42 Å². The van der Waals surface area contributed by atoms with Crippen LogP contribution in [0.25, 0.3) is 0 Å². The second-order valence-electron chi connectivity index (χ2n) is 4.02. The molecule has 94 valence electrons. The number of rotatable bonds is 2. The van der Waals surface area contributed by atoms with Gasteiger partial charge in [-0.1, -0.05) is 30.3 Å². The Bertz CT molecular complexity index is 547. The Morgan fingerprint density at radius 1 is 0.778 bits per heavy atom. The van der Waals surface area contributed by atoms with Crippen LogP contribution in [0.4, 0.5) is 17.6 Å². The van der Waals surface area contributed by atoms with Crippen molar-refractivity contribution in [1.82, 2.24) is 0 Å². The van der Waals surface area contributed by atoms with Crippen LogP contribution in [0.3, 0.4) is 0 Å². The first-order valence-corrected chi connectivity index (χ1v) is 5.37. The van der Waals surface area contributed by atoms with Gasteiger partial charge in [0.25, 0.3) is 0 Å². The van der Waals surface area contributed by atoms with E-state index in [0.717, 1.165) is 6.92 Å². The second kappa shape index (κ2) is 4.80. The van der Waals surface area contributed by atoms with Crippen molar-refractivity contribution in [3.8, 4) is 0 Å². The maximum Gasteiger partial charge on any atom is 0.165 e. The zero-order chi connectivity index (χ0) is 13.3. The van der Waals surface area contributed by atoms with Crippen LogP contribution in [0, 0.1) is 30.2 Å². The fourth-order valence-corrected chi connectivity index (χ4v) is 1.74. The van der Waals surface area contributed by atoms with Crippen LogP contribution in [0.15, 0.2) is 30.3 Å². The van der Waals surface area contributed by atoms with Crippen molar-refractivity contribution in [3.05, 3.63) is 70.3 Å². The van der Waals surface area contributed by atoms with E-state index < -0.39 is 34.4 Å². The van der Waals surface area contributed by atoms with Gasteiger partial charge in [0.1, 0.15) is 0 Å². The van der Waals surface area contributed by atoms with Gasteiger partial charge < -0.3 is 0 Å². The molecule has 0 nitrogen and oxygen atoms in total. The summed E-state index contributed by atoms with van der Waals surface area (Å²) in [4.78, 5) is 0. The van der Waals surface area contributed by atoms with Crippen LogP contribution in [0.2, 0.25) is 0 Å².